The second-order valence-corrected chi connectivity index (χ2v) is 7.79. The maximum Gasteiger partial charge on any atom is 0.490 e. The van der Waals surface area contributed by atoms with E-state index in [-0.39, 0.29) is 11.4 Å². The lowest BCUT2D eigenvalue weighted by Crippen LogP contribution is -2.21. The number of alkyl halides is 3. The zero-order valence-electron chi connectivity index (χ0n) is 19.9. The van der Waals surface area contributed by atoms with Crippen molar-refractivity contribution < 1.29 is 37.0 Å². The molecule has 0 aliphatic rings. The number of nitrogens with one attached hydrogen (secondary N) is 3. The Hall–Kier alpha value is -5.40. The number of ether oxygens (including phenoxy) is 1. The van der Waals surface area contributed by atoms with Crippen LogP contribution in [-0.2, 0) is 9.53 Å². The molecule has 0 aliphatic carbocycles. The number of aromatic amines is 1. The van der Waals surface area contributed by atoms with E-state index in [0.717, 1.165) is 16.5 Å². The average molecular weight is 541 g/mol. The third-order valence-corrected chi connectivity index (χ3v) is 5.12. The van der Waals surface area contributed by atoms with Crippen LogP contribution in [0.4, 0.5) is 36.3 Å². The van der Waals surface area contributed by atoms with Gasteiger partial charge in [0.2, 0.25) is 5.95 Å². The molecule has 39 heavy (non-hydrogen) atoms. The van der Waals surface area contributed by atoms with Crippen LogP contribution in [-0.4, -0.2) is 45.3 Å². The van der Waals surface area contributed by atoms with Gasteiger partial charge in [0.1, 0.15) is 5.56 Å². The van der Waals surface area contributed by atoms with E-state index in [1.807, 2.05) is 42.5 Å². The number of halogens is 3. The molecule has 0 fully saturated rings. The highest BCUT2D eigenvalue weighted by molar-refractivity contribution is 5.95. The van der Waals surface area contributed by atoms with Crippen molar-refractivity contribution in [2.45, 2.75) is 6.18 Å². The highest BCUT2D eigenvalue weighted by atomic mass is 19.4. The molecule has 0 unspecified atom stereocenters. The van der Waals surface area contributed by atoms with Gasteiger partial charge in [-0.1, -0.05) is 30.3 Å². The smallest absolute Gasteiger partial charge is 0.475 e. The first kappa shape index (κ1) is 26.7. The largest absolute Gasteiger partial charge is 0.490 e. The van der Waals surface area contributed by atoms with Crippen molar-refractivity contribution in [2.75, 3.05) is 17.7 Å². The van der Waals surface area contributed by atoms with Gasteiger partial charge in [-0.25, -0.2) is 19.4 Å². The second-order valence-electron chi connectivity index (χ2n) is 7.79. The molecule has 0 bridgehead atoms. The molecule has 0 spiro atoms. The molecule has 0 amide bonds. The first-order valence-corrected chi connectivity index (χ1v) is 10.9. The Bertz CT molecular complexity index is 1730. The van der Waals surface area contributed by atoms with E-state index in [2.05, 4.69) is 25.6 Å². The Labute approximate surface area is 216 Å². The number of carboxylic acid groups (broad SMARTS) is 1. The average Bonchev–Trinajstić information content (AvgIpc) is 3.27. The molecule has 2 aromatic heterocycles. The highest BCUT2D eigenvalue weighted by Crippen LogP contribution is 2.25. The maximum absolute atomic E-state index is 12.2. The van der Waals surface area contributed by atoms with Gasteiger partial charge in [0.25, 0.3) is 0 Å². The molecular weight excluding hydrogens is 523 g/mol. The summed E-state index contributed by atoms with van der Waals surface area (Å²) in [6.45, 7) is 0. The SMILES string of the molecule is COC(=O)c1cnc(Nc2ccc3ccccc3c2)nc1Nc1ccc2oc(=O)[nH]c2c1.O=C(O)C(F)(F)F. The normalized spacial score (nSPS) is 11.0. The topological polar surface area (TPSA) is 159 Å². The van der Waals surface area contributed by atoms with Crippen LogP contribution in [0.3, 0.4) is 0 Å². The number of aromatic nitrogens is 3. The number of oxazole rings is 1. The van der Waals surface area contributed by atoms with Crippen LogP contribution >= 0.6 is 0 Å². The van der Waals surface area contributed by atoms with Crippen LogP contribution < -0.4 is 16.4 Å². The van der Waals surface area contributed by atoms with Crippen molar-refractivity contribution in [3.63, 3.8) is 0 Å². The minimum atomic E-state index is -5.08. The summed E-state index contributed by atoms with van der Waals surface area (Å²) in [6, 6.07) is 19.0. The lowest BCUT2D eigenvalue weighted by molar-refractivity contribution is -0.192. The van der Waals surface area contributed by atoms with E-state index in [9.17, 15) is 22.8 Å². The number of carboxylic acids is 1. The quantitative estimate of drug-likeness (QED) is 0.224. The van der Waals surface area contributed by atoms with Gasteiger partial charge in [0.05, 0.1) is 12.6 Å². The first-order chi connectivity index (χ1) is 18.5. The van der Waals surface area contributed by atoms with Gasteiger partial charge < -0.3 is 24.9 Å². The number of H-pyrrole nitrogens is 1. The molecule has 5 rings (SSSR count). The molecule has 11 nitrogen and oxygen atoms in total. The fourth-order valence-electron chi connectivity index (χ4n) is 3.36. The minimum Gasteiger partial charge on any atom is -0.475 e. The molecule has 0 saturated carbocycles. The third kappa shape index (κ3) is 6.49. The zero-order chi connectivity index (χ0) is 28.2. The summed E-state index contributed by atoms with van der Waals surface area (Å²) in [5.74, 6) is -3.33. The van der Waals surface area contributed by atoms with Crippen LogP contribution in [0.1, 0.15) is 10.4 Å². The van der Waals surface area contributed by atoms with Gasteiger partial charge in [0, 0.05) is 17.6 Å². The number of hydrogen-bond acceptors (Lipinski definition) is 9. The minimum absolute atomic E-state index is 0.164. The van der Waals surface area contributed by atoms with Gasteiger partial charge in [0.15, 0.2) is 11.4 Å². The van der Waals surface area contributed by atoms with Crippen molar-refractivity contribution in [3.05, 3.63) is 83.0 Å². The summed E-state index contributed by atoms with van der Waals surface area (Å²) in [4.78, 5) is 43.8. The molecule has 14 heteroatoms. The predicted octanol–water partition coefficient (Wildman–Crippen LogP) is 4.97. The molecule has 0 atom stereocenters. The molecule has 2 heterocycles. The molecule has 200 valence electrons. The number of carbonyl (C=O) groups excluding carboxylic acids is 1. The number of rotatable bonds is 5. The number of anilines is 4. The fourth-order valence-corrected chi connectivity index (χ4v) is 3.36. The van der Waals surface area contributed by atoms with E-state index in [1.165, 1.54) is 13.3 Å². The number of nitrogens with zero attached hydrogens (tertiary/aromatic N) is 2. The summed E-state index contributed by atoms with van der Waals surface area (Å²) in [5.41, 5.74) is 2.50. The Morgan fingerprint density at radius 3 is 2.36 bits per heavy atom. The first-order valence-electron chi connectivity index (χ1n) is 10.9. The van der Waals surface area contributed by atoms with Gasteiger partial charge in [-0.3, -0.25) is 4.98 Å². The van der Waals surface area contributed by atoms with E-state index >= 15 is 0 Å². The van der Waals surface area contributed by atoms with Crippen LogP contribution in [0.5, 0.6) is 0 Å². The number of hydrogen-bond donors (Lipinski definition) is 4. The van der Waals surface area contributed by atoms with Crippen LogP contribution in [0, 0.1) is 0 Å². The van der Waals surface area contributed by atoms with Crippen molar-refractivity contribution >= 4 is 57.0 Å². The lowest BCUT2D eigenvalue weighted by Gasteiger charge is -2.12. The summed E-state index contributed by atoms with van der Waals surface area (Å²) in [7, 11) is 1.29. The van der Waals surface area contributed by atoms with Gasteiger partial charge >= 0.3 is 23.9 Å². The van der Waals surface area contributed by atoms with Gasteiger partial charge in [-0.15, -0.1) is 0 Å². The van der Waals surface area contributed by atoms with Crippen molar-refractivity contribution in [3.8, 4) is 0 Å². The number of methoxy groups -OCH3 is 1. The van der Waals surface area contributed by atoms with Crippen molar-refractivity contribution in [2.24, 2.45) is 0 Å². The molecule has 0 radical (unpaired) electrons. The molecular formula is C25H18F3N5O6. The molecule has 0 saturated heterocycles. The molecule has 5 aromatic rings. The highest BCUT2D eigenvalue weighted by Gasteiger charge is 2.38. The molecule has 4 N–H and O–H groups in total. The summed E-state index contributed by atoms with van der Waals surface area (Å²) >= 11 is 0. The number of benzene rings is 3. The number of esters is 1. The standard InChI is InChI=1S/C23H17N5O4.C2HF3O2/c1-31-21(29)17-12-24-22(26-15-7-6-13-4-2-3-5-14(13)10-15)28-20(17)25-16-8-9-19-18(11-16)27-23(30)32-19;3-2(4,5)1(6)7/h2-12H,1H3,(H,27,30)(H2,24,25,26,28);(H,6,7). The summed E-state index contributed by atoms with van der Waals surface area (Å²) in [5, 5.41) is 15.6. The second kappa shape index (κ2) is 10.9. The number of aliphatic carboxylic acids is 1. The predicted molar refractivity (Wildman–Crippen MR) is 134 cm³/mol. The van der Waals surface area contributed by atoms with E-state index in [0.29, 0.717) is 22.7 Å². The number of fused-ring (bicyclic) bond motifs is 2. The summed E-state index contributed by atoms with van der Waals surface area (Å²) in [6.07, 6.45) is -3.69. The van der Waals surface area contributed by atoms with Crippen molar-refractivity contribution in [1.29, 1.82) is 0 Å². The van der Waals surface area contributed by atoms with Crippen LogP contribution in [0.25, 0.3) is 21.9 Å². The molecule has 0 aliphatic heterocycles. The lowest BCUT2D eigenvalue weighted by atomic mass is 10.1. The molecule has 3 aromatic carbocycles. The number of carbonyl (C=O) groups is 2. The Morgan fingerprint density at radius 2 is 1.67 bits per heavy atom. The zero-order valence-corrected chi connectivity index (χ0v) is 19.9. The summed E-state index contributed by atoms with van der Waals surface area (Å²) < 4.78 is 41.6. The maximum atomic E-state index is 12.2. The van der Waals surface area contributed by atoms with Gasteiger partial charge in [-0.05, 0) is 41.1 Å². The van der Waals surface area contributed by atoms with Crippen molar-refractivity contribution in [1.82, 2.24) is 15.0 Å². The van der Waals surface area contributed by atoms with Crippen LogP contribution in [0.15, 0.2) is 76.1 Å². The van der Waals surface area contributed by atoms with E-state index in [1.54, 1.807) is 18.2 Å². The van der Waals surface area contributed by atoms with Gasteiger partial charge in [-0.2, -0.15) is 18.2 Å². The van der Waals surface area contributed by atoms with E-state index < -0.39 is 23.9 Å². The third-order valence-electron chi connectivity index (χ3n) is 5.12. The van der Waals surface area contributed by atoms with Crippen LogP contribution in [0.2, 0.25) is 0 Å². The fraction of sp³-hybridized carbons (Fsp3) is 0.0800. The Kier molecular flexibility index (Phi) is 7.46. The Morgan fingerprint density at radius 1 is 1.00 bits per heavy atom. The monoisotopic (exact) mass is 541 g/mol. The van der Waals surface area contributed by atoms with E-state index in [4.69, 9.17) is 19.1 Å². The Balaban J connectivity index is 0.000000448.